The van der Waals surface area contributed by atoms with Crippen LogP contribution in [0.15, 0.2) is 0 Å². The summed E-state index contributed by atoms with van der Waals surface area (Å²) in [7, 11) is -3.51. The molecule has 2 heterocycles. The van der Waals surface area contributed by atoms with Gasteiger partial charge in [-0.25, -0.2) is 17.5 Å². The quantitative estimate of drug-likeness (QED) is 0.714. The van der Waals surface area contributed by atoms with Crippen LogP contribution in [-0.4, -0.2) is 50.9 Å². The van der Waals surface area contributed by atoms with Crippen molar-refractivity contribution in [1.82, 2.24) is 4.31 Å². The van der Waals surface area contributed by atoms with Crippen molar-refractivity contribution in [3.05, 3.63) is 0 Å². The normalized spacial score (nSPS) is 23.5. The minimum absolute atomic E-state index is 0.0193. The van der Waals surface area contributed by atoms with Gasteiger partial charge in [0.05, 0.1) is 12.3 Å². The van der Waals surface area contributed by atoms with E-state index in [0.717, 1.165) is 17.1 Å². The minimum Gasteiger partial charge on any atom is -0.447 e. The molecule has 0 saturated carbocycles. The number of hydrogen-bond acceptors (Lipinski definition) is 5. The number of carbonyl (C=O) groups excluding carboxylic acids is 1. The molecule has 0 radical (unpaired) electrons. The predicted molar refractivity (Wildman–Crippen MR) is 55.4 cm³/mol. The number of hydrogen-bond donors (Lipinski definition) is 0. The molecule has 0 N–H and O–H groups in total. The minimum atomic E-state index is -3.51. The molecule has 6 nitrogen and oxygen atoms in total. The van der Waals surface area contributed by atoms with E-state index < -0.39 is 16.1 Å². The van der Waals surface area contributed by atoms with E-state index in [9.17, 15) is 13.2 Å². The summed E-state index contributed by atoms with van der Waals surface area (Å²) in [6.45, 7) is 1.51. The first kappa shape index (κ1) is 11.7. The highest BCUT2D eigenvalue weighted by Crippen LogP contribution is 2.20. The lowest BCUT2D eigenvalue weighted by molar-refractivity contribution is 0.0721. The van der Waals surface area contributed by atoms with Crippen molar-refractivity contribution in [3.8, 4) is 0 Å². The zero-order valence-corrected chi connectivity index (χ0v) is 9.74. The van der Waals surface area contributed by atoms with E-state index in [1.165, 1.54) is 0 Å². The van der Waals surface area contributed by atoms with E-state index in [1.54, 1.807) is 0 Å². The zero-order valence-electron chi connectivity index (χ0n) is 8.92. The Morgan fingerprint density at radius 3 is 2.50 bits per heavy atom. The Hall–Kier alpha value is -0.820. The summed E-state index contributed by atoms with van der Waals surface area (Å²) in [5, 5.41) is 0. The number of carbonyl (C=O) groups is 1. The van der Waals surface area contributed by atoms with E-state index in [0.29, 0.717) is 13.2 Å². The average molecular weight is 249 g/mol. The molecule has 16 heavy (non-hydrogen) atoms. The van der Waals surface area contributed by atoms with Crippen LogP contribution in [0, 0.1) is 5.92 Å². The van der Waals surface area contributed by atoms with Gasteiger partial charge in [0, 0.05) is 13.2 Å². The summed E-state index contributed by atoms with van der Waals surface area (Å²) in [4.78, 5) is 11.2. The van der Waals surface area contributed by atoms with Gasteiger partial charge in [0.2, 0.25) is 10.0 Å². The van der Waals surface area contributed by atoms with Gasteiger partial charge < -0.3 is 9.47 Å². The summed E-state index contributed by atoms with van der Waals surface area (Å²) < 4.78 is 34.4. The Kier molecular flexibility index (Phi) is 3.34. The third-order valence-electron chi connectivity index (χ3n) is 2.85. The van der Waals surface area contributed by atoms with Crippen LogP contribution in [0.2, 0.25) is 0 Å². The predicted octanol–water partition coefficient (Wildman–Crippen LogP) is 0.195. The molecule has 2 fully saturated rings. The molecule has 0 atom stereocenters. The van der Waals surface area contributed by atoms with E-state index in [4.69, 9.17) is 4.74 Å². The van der Waals surface area contributed by atoms with Crippen LogP contribution >= 0.6 is 0 Å². The van der Waals surface area contributed by atoms with Gasteiger partial charge in [0.1, 0.15) is 6.61 Å². The fourth-order valence-corrected chi connectivity index (χ4v) is 3.67. The molecule has 7 heteroatoms. The Labute approximate surface area is 94.6 Å². The van der Waals surface area contributed by atoms with E-state index in [-0.39, 0.29) is 24.8 Å². The molecule has 2 aliphatic heterocycles. The van der Waals surface area contributed by atoms with Gasteiger partial charge in [-0.05, 0) is 18.8 Å². The van der Waals surface area contributed by atoms with Crippen molar-refractivity contribution in [2.45, 2.75) is 12.8 Å². The third-order valence-corrected chi connectivity index (χ3v) is 4.74. The number of cyclic esters (lactones) is 1. The smallest absolute Gasteiger partial charge is 0.423 e. The van der Waals surface area contributed by atoms with E-state index >= 15 is 0 Å². The fraction of sp³-hybridized carbons (Fsp3) is 0.889. The molecule has 0 bridgehead atoms. The highest BCUT2D eigenvalue weighted by atomic mass is 32.2. The second-order valence-electron chi connectivity index (χ2n) is 4.02. The monoisotopic (exact) mass is 249 g/mol. The molecule has 0 aromatic rings. The van der Waals surface area contributed by atoms with Crippen LogP contribution in [0.25, 0.3) is 0 Å². The zero-order chi connectivity index (χ0) is 11.6. The maximum atomic E-state index is 11.9. The van der Waals surface area contributed by atoms with Crippen LogP contribution in [-0.2, 0) is 19.5 Å². The third kappa shape index (κ3) is 2.46. The standard InChI is InChI=1S/C9H15NO5S/c11-9-10(3-6-15-9)16(12,13)7-8-1-4-14-5-2-8/h8H,1-7H2. The van der Waals surface area contributed by atoms with Crippen molar-refractivity contribution in [2.75, 3.05) is 32.1 Å². The Balaban J connectivity index is 1.98. The number of rotatable bonds is 3. The first-order valence-electron chi connectivity index (χ1n) is 5.34. The second kappa shape index (κ2) is 4.58. The molecule has 2 saturated heterocycles. The van der Waals surface area contributed by atoms with Gasteiger partial charge in [-0.2, -0.15) is 0 Å². The van der Waals surface area contributed by atoms with Crippen molar-refractivity contribution in [1.29, 1.82) is 0 Å². The van der Waals surface area contributed by atoms with Crippen LogP contribution in [0.5, 0.6) is 0 Å². The van der Waals surface area contributed by atoms with E-state index in [1.807, 2.05) is 0 Å². The van der Waals surface area contributed by atoms with Gasteiger partial charge in [-0.15, -0.1) is 0 Å². The lowest BCUT2D eigenvalue weighted by Crippen LogP contribution is -2.37. The van der Waals surface area contributed by atoms with Gasteiger partial charge in [0.25, 0.3) is 0 Å². The molecule has 0 spiro atoms. The van der Waals surface area contributed by atoms with E-state index in [2.05, 4.69) is 4.74 Å². The van der Waals surface area contributed by atoms with Crippen LogP contribution in [0.3, 0.4) is 0 Å². The lowest BCUT2D eigenvalue weighted by atomic mass is 10.0. The topological polar surface area (TPSA) is 72.9 Å². The molecule has 0 unspecified atom stereocenters. The van der Waals surface area contributed by atoms with Crippen LogP contribution in [0.4, 0.5) is 4.79 Å². The van der Waals surface area contributed by atoms with Gasteiger partial charge in [-0.1, -0.05) is 0 Å². The van der Waals surface area contributed by atoms with Crippen molar-refractivity contribution >= 4 is 16.1 Å². The molecule has 0 aliphatic carbocycles. The lowest BCUT2D eigenvalue weighted by Gasteiger charge is -2.23. The van der Waals surface area contributed by atoms with Crippen LogP contribution in [0.1, 0.15) is 12.8 Å². The highest BCUT2D eigenvalue weighted by Gasteiger charge is 2.35. The first-order chi connectivity index (χ1) is 7.59. The number of sulfonamides is 1. The van der Waals surface area contributed by atoms with Gasteiger partial charge in [0.15, 0.2) is 0 Å². The number of nitrogens with zero attached hydrogens (tertiary/aromatic N) is 1. The summed E-state index contributed by atoms with van der Waals surface area (Å²) in [5.41, 5.74) is 0. The molecule has 0 aromatic carbocycles. The Bertz CT molecular complexity index is 360. The van der Waals surface area contributed by atoms with Crippen molar-refractivity contribution < 1.29 is 22.7 Å². The highest BCUT2D eigenvalue weighted by molar-refractivity contribution is 7.89. The Morgan fingerprint density at radius 1 is 1.25 bits per heavy atom. The van der Waals surface area contributed by atoms with Crippen molar-refractivity contribution in [3.63, 3.8) is 0 Å². The first-order valence-corrected chi connectivity index (χ1v) is 6.95. The van der Waals surface area contributed by atoms with Crippen LogP contribution < -0.4 is 0 Å². The maximum Gasteiger partial charge on any atom is 0.423 e. The van der Waals surface area contributed by atoms with Crippen molar-refractivity contribution in [2.24, 2.45) is 5.92 Å². The SMILES string of the molecule is O=C1OCCN1S(=O)(=O)CC1CCOCC1. The average Bonchev–Trinajstić information content (AvgIpc) is 2.66. The van der Waals surface area contributed by atoms with Gasteiger partial charge in [-0.3, -0.25) is 0 Å². The molecule has 0 aromatic heterocycles. The molecule has 2 aliphatic rings. The summed E-state index contributed by atoms with van der Waals surface area (Å²) in [6.07, 6.45) is 0.733. The Morgan fingerprint density at radius 2 is 1.94 bits per heavy atom. The number of ether oxygens (including phenoxy) is 2. The molecular formula is C9H15NO5S. The summed E-state index contributed by atoms with van der Waals surface area (Å²) in [6, 6.07) is 0. The molecule has 2 rings (SSSR count). The summed E-state index contributed by atoms with van der Waals surface area (Å²) >= 11 is 0. The van der Waals surface area contributed by atoms with Gasteiger partial charge >= 0.3 is 6.09 Å². The fourth-order valence-electron chi connectivity index (χ4n) is 1.93. The second-order valence-corrected chi connectivity index (χ2v) is 5.96. The molecule has 1 amide bonds. The summed E-state index contributed by atoms with van der Waals surface area (Å²) in [5.74, 6) is 0.109. The largest absolute Gasteiger partial charge is 0.447 e. The molecular weight excluding hydrogens is 234 g/mol. The maximum absolute atomic E-state index is 11.9. The number of amides is 1. The molecule has 92 valence electrons.